The van der Waals surface area contributed by atoms with E-state index in [0.717, 1.165) is 36.5 Å². The number of carbonyl (C=O) groups excluding carboxylic acids is 2. The number of anilines is 1. The number of hydrogen-bond acceptors (Lipinski definition) is 5. The van der Waals surface area contributed by atoms with E-state index in [1.807, 2.05) is 23.8 Å². The van der Waals surface area contributed by atoms with Crippen LogP contribution >= 0.6 is 0 Å². The van der Waals surface area contributed by atoms with Gasteiger partial charge in [-0.15, -0.1) is 0 Å². The third-order valence-electron chi connectivity index (χ3n) is 7.28. The second kappa shape index (κ2) is 8.64. The first-order valence-corrected chi connectivity index (χ1v) is 12.0. The van der Waals surface area contributed by atoms with Crippen molar-refractivity contribution < 1.29 is 9.59 Å². The zero-order chi connectivity index (χ0) is 22.2. The van der Waals surface area contributed by atoms with E-state index in [1.54, 1.807) is 17.1 Å². The van der Waals surface area contributed by atoms with E-state index in [4.69, 9.17) is 9.97 Å². The van der Waals surface area contributed by atoms with Crippen LogP contribution < -0.4 is 4.90 Å². The molecule has 3 aliphatic rings. The van der Waals surface area contributed by atoms with Crippen molar-refractivity contribution in [2.75, 3.05) is 18.0 Å². The van der Waals surface area contributed by atoms with E-state index in [1.165, 1.54) is 32.1 Å². The fraction of sp³-hybridized carbons (Fsp3) is 0.625. The highest BCUT2D eigenvalue weighted by molar-refractivity contribution is 5.96. The molecule has 0 N–H and O–H groups in total. The van der Waals surface area contributed by atoms with Gasteiger partial charge in [0.1, 0.15) is 5.82 Å². The first-order chi connectivity index (χ1) is 15.5. The number of likely N-dealkylation sites (tertiary alicyclic amines) is 1. The topological polar surface area (TPSA) is 84.2 Å². The Bertz CT molecular complexity index is 1030. The largest absolute Gasteiger partial charge is 0.328 e. The molecule has 1 unspecified atom stereocenters. The Kier molecular flexibility index (Phi) is 5.69. The van der Waals surface area contributed by atoms with Crippen LogP contribution in [0.25, 0.3) is 0 Å². The van der Waals surface area contributed by atoms with E-state index >= 15 is 0 Å². The van der Waals surface area contributed by atoms with E-state index in [-0.39, 0.29) is 17.9 Å². The lowest BCUT2D eigenvalue weighted by Gasteiger charge is -2.34. The molecule has 2 aromatic heterocycles. The highest BCUT2D eigenvalue weighted by atomic mass is 16.2. The highest BCUT2D eigenvalue weighted by Crippen LogP contribution is 2.36. The second-order valence-electron chi connectivity index (χ2n) is 9.54. The van der Waals surface area contributed by atoms with Gasteiger partial charge in [0.25, 0.3) is 5.91 Å². The summed E-state index contributed by atoms with van der Waals surface area (Å²) >= 11 is 0. The summed E-state index contributed by atoms with van der Waals surface area (Å²) in [6.45, 7) is 3.45. The van der Waals surface area contributed by atoms with Crippen LogP contribution in [0.1, 0.15) is 84.8 Å². The van der Waals surface area contributed by atoms with Gasteiger partial charge in [-0.3, -0.25) is 19.2 Å². The zero-order valence-corrected chi connectivity index (χ0v) is 19.1. The van der Waals surface area contributed by atoms with Crippen molar-refractivity contribution >= 4 is 17.6 Å². The average molecular weight is 437 g/mol. The molecule has 2 fully saturated rings. The Morgan fingerprint density at radius 1 is 1.09 bits per heavy atom. The molecule has 1 saturated carbocycles. The molecule has 5 rings (SSSR count). The molecule has 170 valence electrons. The summed E-state index contributed by atoms with van der Waals surface area (Å²) < 4.78 is 1.65. The van der Waals surface area contributed by atoms with Crippen molar-refractivity contribution in [3.8, 4) is 0 Å². The number of aromatic nitrogens is 4. The molecule has 32 heavy (non-hydrogen) atoms. The molecule has 8 heteroatoms. The quantitative estimate of drug-likeness (QED) is 0.734. The van der Waals surface area contributed by atoms with Gasteiger partial charge >= 0.3 is 0 Å². The predicted molar refractivity (Wildman–Crippen MR) is 120 cm³/mol. The summed E-state index contributed by atoms with van der Waals surface area (Å²) in [7, 11) is 1.81. The summed E-state index contributed by atoms with van der Waals surface area (Å²) in [5.74, 6) is 2.14. The van der Waals surface area contributed by atoms with Crippen LogP contribution in [0.5, 0.6) is 0 Å². The van der Waals surface area contributed by atoms with Crippen LogP contribution in [0.4, 0.5) is 5.82 Å². The van der Waals surface area contributed by atoms with Gasteiger partial charge in [-0.05, 0) is 44.9 Å². The van der Waals surface area contributed by atoms with Crippen molar-refractivity contribution in [3.05, 3.63) is 35.0 Å². The summed E-state index contributed by atoms with van der Waals surface area (Å²) in [6, 6.07) is -0.166. The molecule has 4 heterocycles. The van der Waals surface area contributed by atoms with Gasteiger partial charge in [-0.25, -0.2) is 9.97 Å². The van der Waals surface area contributed by atoms with E-state index in [0.29, 0.717) is 36.7 Å². The van der Waals surface area contributed by atoms with Crippen LogP contribution in [-0.4, -0.2) is 49.6 Å². The maximum absolute atomic E-state index is 13.1. The molecule has 2 aromatic rings. The van der Waals surface area contributed by atoms with Gasteiger partial charge in [-0.2, -0.15) is 5.10 Å². The molecule has 0 radical (unpaired) electrons. The molecule has 2 amide bonds. The number of fused-ring (bicyclic) bond motifs is 1. The molecule has 1 aliphatic carbocycles. The van der Waals surface area contributed by atoms with Crippen molar-refractivity contribution in [3.63, 3.8) is 0 Å². The fourth-order valence-electron chi connectivity index (χ4n) is 5.54. The van der Waals surface area contributed by atoms with Gasteiger partial charge in [0.15, 0.2) is 5.82 Å². The lowest BCUT2D eigenvalue weighted by atomic mass is 9.88. The molecule has 8 nitrogen and oxygen atoms in total. The van der Waals surface area contributed by atoms with Gasteiger partial charge < -0.3 is 4.90 Å². The van der Waals surface area contributed by atoms with Crippen LogP contribution in [-0.2, 0) is 18.3 Å². The van der Waals surface area contributed by atoms with Gasteiger partial charge in [-0.1, -0.05) is 19.3 Å². The Morgan fingerprint density at radius 3 is 2.66 bits per heavy atom. The number of nitrogens with zero attached hydrogens (tertiary/aromatic N) is 6. The van der Waals surface area contributed by atoms with Crippen molar-refractivity contribution in [1.82, 2.24) is 24.6 Å². The molecule has 1 saturated heterocycles. The SMILES string of the molecule is Cc1nc(C2CCCN2C(=O)c2cnn(C)c2)nc2c1CCC(=O)N2CC1CCCCC1. The average Bonchev–Trinajstić information content (AvgIpc) is 3.45. The normalized spacial score (nSPS) is 21.8. The minimum atomic E-state index is -0.166. The zero-order valence-electron chi connectivity index (χ0n) is 19.1. The Balaban J connectivity index is 1.45. The molecule has 1 atom stereocenters. The van der Waals surface area contributed by atoms with Crippen molar-refractivity contribution in [2.24, 2.45) is 13.0 Å². The number of carbonyl (C=O) groups is 2. The van der Waals surface area contributed by atoms with Crippen LogP contribution in [0.3, 0.4) is 0 Å². The minimum Gasteiger partial charge on any atom is -0.328 e. The molecule has 0 aromatic carbocycles. The smallest absolute Gasteiger partial charge is 0.257 e. The Labute approximate surface area is 189 Å². The van der Waals surface area contributed by atoms with Gasteiger partial charge in [0, 0.05) is 44.0 Å². The van der Waals surface area contributed by atoms with Gasteiger partial charge in [0.2, 0.25) is 5.91 Å². The maximum atomic E-state index is 13.1. The molecular weight excluding hydrogens is 404 g/mol. The number of rotatable bonds is 4. The van der Waals surface area contributed by atoms with E-state index in [9.17, 15) is 9.59 Å². The van der Waals surface area contributed by atoms with Crippen LogP contribution in [0.15, 0.2) is 12.4 Å². The maximum Gasteiger partial charge on any atom is 0.257 e. The Morgan fingerprint density at radius 2 is 1.91 bits per heavy atom. The third-order valence-corrected chi connectivity index (χ3v) is 7.28. The monoisotopic (exact) mass is 436 g/mol. The minimum absolute atomic E-state index is 0.0327. The Hall–Kier alpha value is -2.77. The van der Waals surface area contributed by atoms with E-state index in [2.05, 4.69) is 5.10 Å². The highest BCUT2D eigenvalue weighted by Gasteiger charge is 2.36. The second-order valence-corrected chi connectivity index (χ2v) is 9.54. The number of amides is 2. The molecule has 2 aliphatic heterocycles. The van der Waals surface area contributed by atoms with Crippen molar-refractivity contribution in [1.29, 1.82) is 0 Å². The van der Waals surface area contributed by atoms with Crippen LogP contribution in [0.2, 0.25) is 0 Å². The third kappa shape index (κ3) is 3.91. The van der Waals surface area contributed by atoms with E-state index < -0.39 is 0 Å². The first-order valence-electron chi connectivity index (χ1n) is 12.0. The summed E-state index contributed by atoms with van der Waals surface area (Å²) in [5.41, 5.74) is 2.61. The molecular formula is C24H32N6O2. The summed E-state index contributed by atoms with van der Waals surface area (Å²) in [6.07, 6.45) is 12.5. The lowest BCUT2D eigenvalue weighted by molar-refractivity contribution is -0.119. The predicted octanol–water partition coefficient (Wildman–Crippen LogP) is 3.36. The van der Waals surface area contributed by atoms with Gasteiger partial charge in [0.05, 0.1) is 17.8 Å². The molecule has 0 spiro atoms. The van der Waals surface area contributed by atoms with Crippen molar-refractivity contribution in [2.45, 2.75) is 70.8 Å². The summed E-state index contributed by atoms with van der Waals surface area (Å²) in [4.78, 5) is 39.7. The lowest BCUT2D eigenvalue weighted by Crippen LogP contribution is -2.41. The first kappa shape index (κ1) is 21.1. The standard InChI is InChI=1S/C24H32N6O2/c1-16-19-10-11-21(31)30(14-17-7-4-3-5-8-17)23(19)27-22(26-16)20-9-6-12-29(20)24(32)18-13-25-28(2)15-18/h13,15,17,20H,3-12,14H2,1-2H3. The molecule has 0 bridgehead atoms. The van der Waals surface area contributed by atoms with Crippen LogP contribution in [0, 0.1) is 12.8 Å². The fourth-order valence-corrected chi connectivity index (χ4v) is 5.54. The number of hydrogen-bond donors (Lipinski definition) is 0. The number of aryl methyl sites for hydroxylation is 2. The summed E-state index contributed by atoms with van der Waals surface area (Å²) in [5, 5.41) is 4.15.